The lowest BCUT2D eigenvalue weighted by Crippen LogP contribution is -2.30. The molecular formula is C23H20N2O2S. The van der Waals surface area contributed by atoms with Crippen molar-refractivity contribution in [3.8, 4) is 5.75 Å². The Bertz CT molecular complexity index is 1090. The van der Waals surface area contributed by atoms with Gasteiger partial charge in [0.2, 0.25) is 0 Å². The van der Waals surface area contributed by atoms with Crippen LogP contribution in [0.1, 0.15) is 20.9 Å². The van der Waals surface area contributed by atoms with Gasteiger partial charge in [-0.1, -0.05) is 48.5 Å². The van der Waals surface area contributed by atoms with Crippen molar-refractivity contribution in [3.63, 3.8) is 0 Å². The van der Waals surface area contributed by atoms with Crippen molar-refractivity contribution in [2.24, 2.45) is 0 Å². The van der Waals surface area contributed by atoms with E-state index in [4.69, 9.17) is 4.74 Å². The maximum absolute atomic E-state index is 13.3. The highest BCUT2D eigenvalue weighted by Crippen LogP contribution is 2.23. The van der Waals surface area contributed by atoms with Gasteiger partial charge in [-0.2, -0.15) is 0 Å². The van der Waals surface area contributed by atoms with Crippen LogP contribution >= 0.6 is 11.3 Å². The number of aromatic nitrogens is 1. The number of thiophene rings is 1. The lowest BCUT2D eigenvalue weighted by molar-refractivity contribution is 0.0725. The van der Waals surface area contributed by atoms with E-state index in [-0.39, 0.29) is 5.91 Å². The molecule has 1 amide bonds. The topological polar surface area (TPSA) is 42.4 Å². The summed E-state index contributed by atoms with van der Waals surface area (Å²) in [7, 11) is 1.65. The van der Waals surface area contributed by atoms with Crippen LogP contribution in [0.15, 0.2) is 78.2 Å². The first-order valence-electron chi connectivity index (χ1n) is 9.04. The van der Waals surface area contributed by atoms with E-state index in [0.717, 1.165) is 27.1 Å². The summed E-state index contributed by atoms with van der Waals surface area (Å²) in [5.41, 5.74) is 2.24. The molecule has 0 aliphatic heterocycles. The fraction of sp³-hybridized carbons (Fsp3) is 0.130. The van der Waals surface area contributed by atoms with Gasteiger partial charge in [-0.15, -0.1) is 11.3 Å². The smallest absolute Gasteiger partial charge is 0.273 e. The van der Waals surface area contributed by atoms with Crippen LogP contribution in [0.3, 0.4) is 0 Å². The van der Waals surface area contributed by atoms with E-state index in [0.29, 0.717) is 18.8 Å². The number of hydrogen-bond acceptors (Lipinski definition) is 4. The monoisotopic (exact) mass is 388 g/mol. The molecule has 0 atom stereocenters. The number of benzene rings is 2. The number of carbonyl (C=O) groups excluding carboxylic acids is 1. The Balaban J connectivity index is 1.67. The van der Waals surface area contributed by atoms with Crippen molar-refractivity contribution in [2.75, 3.05) is 7.11 Å². The minimum absolute atomic E-state index is 0.0925. The standard InChI is InChI=1S/C23H20N2O2S/c1-27-22-11-5-3-8-18(22)15-25(16-19-9-6-14-28-19)23(26)21-13-12-17-7-2-4-10-20(17)24-21/h2-14H,15-16H2,1H3. The number of amides is 1. The molecule has 0 fully saturated rings. The number of para-hydroxylation sites is 2. The fourth-order valence-corrected chi connectivity index (χ4v) is 3.90. The van der Waals surface area contributed by atoms with Gasteiger partial charge in [0, 0.05) is 15.8 Å². The molecule has 0 saturated carbocycles. The molecule has 0 unspecified atom stereocenters. The van der Waals surface area contributed by atoms with Crippen LogP contribution in [0.4, 0.5) is 0 Å². The molecule has 140 valence electrons. The predicted octanol–water partition coefficient (Wildman–Crippen LogP) is 5.15. The summed E-state index contributed by atoms with van der Waals surface area (Å²) in [6.45, 7) is 0.984. The van der Waals surface area contributed by atoms with Crippen molar-refractivity contribution in [3.05, 3.63) is 94.3 Å². The van der Waals surface area contributed by atoms with E-state index < -0.39 is 0 Å². The summed E-state index contributed by atoms with van der Waals surface area (Å²) in [5, 5.41) is 3.05. The van der Waals surface area contributed by atoms with E-state index in [1.54, 1.807) is 24.5 Å². The van der Waals surface area contributed by atoms with Crippen molar-refractivity contribution < 1.29 is 9.53 Å². The Morgan fingerprint density at radius 3 is 2.61 bits per heavy atom. The normalized spacial score (nSPS) is 10.8. The molecule has 0 saturated heterocycles. The van der Waals surface area contributed by atoms with Crippen LogP contribution in [0, 0.1) is 0 Å². The number of ether oxygens (including phenoxy) is 1. The minimum Gasteiger partial charge on any atom is -0.496 e. The van der Waals surface area contributed by atoms with Crippen LogP contribution in [-0.2, 0) is 13.1 Å². The van der Waals surface area contributed by atoms with Gasteiger partial charge in [0.25, 0.3) is 5.91 Å². The number of carbonyl (C=O) groups is 1. The largest absolute Gasteiger partial charge is 0.496 e. The van der Waals surface area contributed by atoms with Crippen molar-refractivity contribution in [1.29, 1.82) is 0 Å². The second-order valence-electron chi connectivity index (χ2n) is 6.44. The Morgan fingerprint density at radius 2 is 1.79 bits per heavy atom. The van der Waals surface area contributed by atoms with Gasteiger partial charge < -0.3 is 9.64 Å². The van der Waals surface area contributed by atoms with Gasteiger partial charge in [0.05, 0.1) is 25.7 Å². The van der Waals surface area contributed by atoms with Crippen molar-refractivity contribution in [2.45, 2.75) is 13.1 Å². The van der Waals surface area contributed by atoms with Gasteiger partial charge in [0.15, 0.2) is 0 Å². The number of methoxy groups -OCH3 is 1. The first kappa shape index (κ1) is 18.2. The summed E-state index contributed by atoms with van der Waals surface area (Å²) >= 11 is 1.64. The number of nitrogens with zero attached hydrogens (tertiary/aromatic N) is 2. The molecule has 5 heteroatoms. The molecule has 0 bridgehead atoms. The SMILES string of the molecule is COc1ccccc1CN(Cc1cccs1)C(=O)c1ccc2ccccc2n1. The molecule has 28 heavy (non-hydrogen) atoms. The van der Waals surface area contributed by atoms with Crippen molar-refractivity contribution >= 4 is 28.1 Å². The average molecular weight is 388 g/mol. The predicted molar refractivity (Wildman–Crippen MR) is 113 cm³/mol. The van der Waals surface area contributed by atoms with Crippen LogP contribution in [0.25, 0.3) is 10.9 Å². The van der Waals surface area contributed by atoms with Crippen molar-refractivity contribution in [1.82, 2.24) is 9.88 Å². The molecule has 0 aliphatic carbocycles. The Hall–Kier alpha value is -3.18. The Kier molecular flexibility index (Phi) is 5.35. The molecule has 0 N–H and O–H groups in total. The highest BCUT2D eigenvalue weighted by atomic mass is 32.1. The van der Waals surface area contributed by atoms with E-state index in [1.807, 2.05) is 77.0 Å². The third-order valence-electron chi connectivity index (χ3n) is 4.59. The molecule has 4 aromatic rings. The molecule has 0 aliphatic rings. The van der Waals surface area contributed by atoms with E-state index in [1.165, 1.54) is 0 Å². The van der Waals surface area contributed by atoms with Crippen LogP contribution in [-0.4, -0.2) is 22.9 Å². The molecule has 0 radical (unpaired) electrons. The first-order valence-corrected chi connectivity index (χ1v) is 9.92. The fourth-order valence-electron chi connectivity index (χ4n) is 3.18. The lowest BCUT2D eigenvalue weighted by atomic mass is 10.1. The number of rotatable bonds is 6. The van der Waals surface area contributed by atoms with Gasteiger partial charge in [-0.25, -0.2) is 4.98 Å². The highest BCUT2D eigenvalue weighted by Gasteiger charge is 2.20. The summed E-state index contributed by atoms with van der Waals surface area (Å²) in [5.74, 6) is 0.683. The molecule has 4 nitrogen and oxygen atoms in total. The van der Waals surface area contributed by atoms with Gasteiger partial charge in [0.1, 0.15) is 11.4 Å². The van der Waals surface area contributed by atoms with Gasteiger partial charge in [-0.3, -0.25) is 4.79 Å². The maximum atomic E-state index is 13.3. The van der Waals surface area contributed by atoms with Crippen LogP contribution in [0.2, 0.25) is 0 Å². The second-order valence-corrected chi connectivity index (χ2v) is 7.47. The summed E-state index contributed by atoms with van der Waals surface area (Å²) in [4.78, 5) is 20.9. The molecule has 2 aromatic carbocycles. The molecular weight excluding hydrogens is 368 g/mol. The Labute approximate surface area is 168 Å². The van der Waals surface area contributed by atoms with Crippen LogP contribution in [0.5, 0.6) is 5.75 Å². The van der Waals surface area contributed by atoms with Gasteiger partial charge in [-0.05, 0) is 29.6 Å². The van der Waals surface area contributed by atoms with E-state index >= 15 is 0 Å². The maximum Gasteiger partial charge on any atom is 0.273 e. The van der Waals surface area contributed by atoms with Gasteiger partial charge >= 0.3 is 0 Å². The first-order chi connectivity index (χ1) is 13.7. The zero-order chi connectivity index (χ0) is 19.3. The third-order valence-corrected chi connectivity index (χ3v) is 5.45. The second kappa shape index (κ2) is 8.23. The number of pyridine rings is 1. The minimum atomic E-state index is -0.0925. The Morgan fingerprint density at radius 1 is 0.964 bits per heavy atom. The van der Waals surface area contributed by atoms with E-state index in [9.17, 15) is 4.79 Å². The average Bonchev–Trinajstić information content (AvgIpc) is 3.26. The molecule has 4 rings (SSSR count). The molecule has 2 heterocycles. The summed E-state index contributed by atoms with van der Waals surface area (Å²) in [6.07, 6.45) is 0. The van der Waals surface area contributed by atoms with E-state index in [2.05, 4.69) is 4.98 Å². The number of hydrogen-bond donors (Lipinski definition) is 0. The highest BCUT2D eigenvalue weighted by molar-refractivity contribution is 7.09. The zero-order valence-electron chi connectivity index (χ0n) is 15.5. The lowest BCUT2D eigenvalue weighted by Gasteiger charge is -2.23. The summed E-state index contributed by atoms with van der Waals surface area (Å²) in [6, 6.07) is 23.4. The molecule has 0 spiro atoms. The zero-order valence-corrected chi connectivity index (χ0v) is 16.4. The van der Waals surface area contributed by atoms with Crippen LogP contribution < -0.4 is 4.74 Å². The quantitative estimate of drug-likeness (QED) is 0.459. The summed E-state index contributed by atoms with van der Waals surface area (Å²) < 4.78 is 5.47. The molecule has 2 aromatic heterocycles. The third kappa shape index (κ3) is 3.89. The number of fused-ring (bicyclic) bond motifs is 1.